The minimum Gasteiger partial charge on any atom is -0.494 e. The van der Waals surface area contributed by atoms with Crippen LogP contribution in [0.5, 0.6) is 11.5 Å². The van der Waals surface area contributed by atoms with E-state index in [1.165, 1.54) is 11.3 Å². The van der Waals surface area contributed by atoms with Crippen LogP contribution in [0.15, 0.2) is 42.5 Å². The van der Waals surface area contributed by atoms with Crippen molar-refractivity contribution in [2.75, 3.05) is 11.9 Å². The molecule has 0 fully saturated rings. The van der Waals surface area contributed by atoms with Gasteiger partial charge in [0.1, 0.15) is 17.3 Å². The van der Waals surface area contributed by atoms with Crippen molar-refractivity contribution >= 4 is 33.3 Å². The Hall–Kier alpha value is -3.39. The number of rotatable bonds is 6. The molecule has 170 valence electrons. The van der Waals surface area contributed by atoms with Crippen molar-refractivity contribution in [3.05, 3.63) is 59.3 Å². The first kappa shape index (κ1) is 21.5. The molecule has 0 spiro atoms. The van der Waals surface area contributed by atoms with Gasteiger partial charge in [-0.2, -0.15) is 9.78 Å². The summed E-state index contributed by atoms with van der Waals surface area (Å²) in [5.41, 5.74) is 3.85. The van der Waals surface area contributed by atoms with Gasteiger partial charge in [-0.3, -0.25) is 4.79 Å². The highest BCUT2D eigenvalue weighted by molar-refractivity contribution is 7.20. The van der Waals surface area contributed by atoms with Crippen LogP contribution >= 0.6 is 11.3 Å². The first-order chi connectivity index (χ1) is 15.9. The van der Waals surface area contributed by atoms with Crippen LogP contribution in [-0.4, -0.2) is 33.4 Å². The van der Waals surface area contributed by atoms with Crippen molar-refractivity contribution in [2.24, 2.45) is 0 Å². The molecular weight excluding hydrogens is 436 g/mol. The summed E-state index contributed by atoms with van der Waals surface area (Å²) >= 11 is 1.52. The van der Waals surface area contributed by atoms with Gasteiger partial charge < -0.3 is 14.8 Å². The number of carbonyl (C=O) groups excluding carboxylic acids is 1. The van der Waals surface area contributed by atoms with Gasteiger partial charge in [0.2, 0.25) is 11.0 Å². The number of carbonyl (C=O) groups is 1. The van der Waals surface area contributed by atoms with E-state index in [0.717, 1.165) is 38.5 Å². The number of nitrogens with one attached hydrogen (secondary N) is 1. The van der Waals surface area contributed by atoms with E-state index < -0.39 is 0 Å². The molecule has 7 nitrogen and oxygen atoms in total. The van der Waals surface area contributed by atoms with Crippen LogP contribution in [0.25, 0.3) is 15.3 Å². The Kier molecular flexibility index (Phi) is 5.54. The number of thiazole rings is 1. The predicted molar refractivity (Wildman–Crippen MR) is 130 cm³/mol. The van der Waals surface area contributed by atoms with Crippen molar-refractivity contribution in [3.63, 3.8) is 0 Å². The van der Waals surface area contributed by atoms with E-state index in [1.54, 1.807) is 4.68 Å². The standard InChI is InChI=1S/C25H26N4O3S/c1-5-31-18-10-11-20-21(12-18)33-25(26-20)29-24-23(15(4)28-29)19(13-22(30)27-24)16-6-8-17(9-7-16)32-14(2)3/h6-12,14,19H,5,13H2,1-4H3,(H,27,30)/t19-/m0/s1. The Labute approximate surface area is 196 Å². The molecule has 0 aliphatic carbocycles. The lowest BCUT2D eigenvalue weighted by Gasteiger charge is -2.24. The van der Waals surface area contributed by atoms with Crippen molar-refractivity contribution < 1.29 is 14.3 Å². The summed E-state index contributed by atoms with van der Waals surface area (Å²) in [4.78, 5) is 17.5. The van der Waals surface area contributed by atoms with E-state index in [-0.39, 0.29) is 17.9 Å². The summed E-state index contributed by atoms with van der Waals surface area (Å²) in [6.45, 7) is 8.56. The Bertz CT molecular complexity index is 1320. The zero-order valence-electron chi connectivity index (χ0n) is 19.1. The molecule has 2 aromatic carbocycles. The van der Waals surface area contributed by atoms with Crippen molar-refractivity contribution in [2.45, 2.75) is 46.1 Å². The van der Waals surface area contributed by atoms with Crippen LogP contribution in [0, 0.1) is 6.92 Å². The van der Waals surface area contributed by atoms with Gasteiger partial charge in [0.05, 0.1) is 28.6 Å². The maximum atomic E-state index is 12.7. The third kappa shape index (κ3) is 4.06. The van der Waals surface area contributed by atoms with E-state index >= 15 is 0 Å². The Morgan fingerprint density at radius 3 is 2.67 bits per heavy atom. The average Bonchev–Trinajstić information content (AvgIpc) is 3.34. The number of nitrogens with zero attached hydrogens (tertiary/aromatic N) is 3. The summed E-state index contributed by atoms with van der Waals surface area (Å²) < 4.78 is 14.2. The number of anilines is 1. The normalized spacial score (nSPS) is 15.5. The van der Waals surface area contributed by atoms with Gasteiger partial charge in [-0.25, -0.2) is 4.98 Å². The van der Waals surface area contributed by atoms with Crippen molar-refractivity contribution in [1.29, 1.82) is 0 Å². The van der Waals surface area contributed by atoms with Crippen molar-refractivity contribution in [3.8, 4) is 16.6 Å². The highest BCUT2D eigenvalue weighted by Gasteiger charge is 2.33. The van der Waals surface area contributed by atoms with Crippen LogP contribution in [0.1, 0.15) is 49.9 Å². The van der Waals surface area contributed by atoms with Gasteiger partial charge >= 0.3 is 0 Å². The Morgan fingerprint density at radius 1 is 1.18 bits per heavy atom. The molecule has 33 heavy (non-hydrogen) atoms. The molecule has 8 heteroatoms. The van der Waals surface area contributed by atoms with Crippen LogP contribution < -0.4 is 14.8 Å². The molecule has 0 bridgehead atoms. The number of fused-ring (bicyclic) bond motifs is 2. The fourth-order valence-corrected chi connectivity index (χ4v) is 5.21. The molecular formula is C25H26N4O3S. The molecule has 1 aliphatic rings. The van der Waals surface area contributed by atoms with Gasteiger partial charge in [0.25, 0.3) is 0 Å². The molecule has 4 aromatic rings. The fourth-order valence-electron chi connectivity index (χ4n) is 4.26. The van der Waals surface area contributed by atoms with E-state index in [9.17, 15) is 4.79 Å². The smallest absolute Gasteiger partial charge is 0.226 e. The zero-order valence-corrected chi connectivity index (χ0v) is 19.9. The van der Waals surface area contributed by atoms with Gasteiger partial charge in [-0.15, -0.1) is 0 Å². The SMILES string of the molecule is CCOc1ccc2nc(-n3nc(C)c4c3NC(=O)C[C@H]4c3ccc(OC(C)C)cc3)sc2c1. The van der Waals surface area contributed by atoms with Gasteiger partial charge in [0.15, 0.2) is 0 Å². The lowest BCUT2D eigenvalue weighted by molar-refractivity contribution is -0.116. The number of ether oxygens (including phenoxy) is 2. The number of hydrogen-bond donors (Lipinski definition) is 1. The highest BCUT2D eigenvalue weighted by atomic mass is 32.1. The fraction of sp³-hybridized carbons (Fsp3) is 0.320. The van der Waals surface area contributed by atoms with Crippen molar-refractivity contribution in [1.82, 2.24) is 14.8 Å². The number of hydrogen-bond acceptors (Lipinski definition) is 6. The largest absolute Gasteiger partial charge is 0.494 e. The molecule has 3 heterocycles. The van der Waals surface area contributed by atoms with Gasteiger partial charge in [-0.1, -0.05) is 23.5 Å². The second-order valence-electron chi connectivity index (χ2n) is 8.36. The summed E-state index contributed by atoms with van der Waals surface area (Å²) in [6, 6.07) is 13.9. The van der Waals surface area contributed by atoms with E-state index in [4.69, 9.17) is 19.6 Å². The monoisotopic (exact) mass is 462 g/mol. The molecule has 1 N–H and O–H groups in total. The molecule has 2 aromatic heterocycles. The second-order valence-corrected chi connectivity index (χ2v) is 9.37. The molecule has 0 saturated heterocycles. The average molecular weight is 463 g/mol. The van der Waals surface area contributed by atoms with E-state index in [1.807, 2.05) is 70.2 Å². The quantitative estimate of drug-likeness (QED) is 0.412. The van der Waals surface area contributed by atoms with Gasteiger partial charge in [0, 0.05) is 17.9 Å². The van der Waals surface area contributed by atoms with Crippen LogP contribution in [0.4, 0.5) is 5.82 Å². The van der Waals surface area contributed by atoms with E-state index in [2.05, 4.69) is 5.32 Å². The van der Waals surface area contributed by atoms with Crippen LogP contribution in [0.2, 0.25) is 0 Å². The molecule has 1 aliphatic heterocycles. The maximum Gasteiger partial charge on any atom is 0.226 e. The lowest BCUT2D eigenvalue weighted by Crippen LogP contribution is -2.24. The van der Waals surface area contributed by atoms with E-state index in [0.29, 0.717) is 24.0 Å². The molecule has 0 radical (unpaired) electrons. The molecule has 0 unspecified atom stereocenters. The zero-order chi connectivity index (χ0) is 23.1. The lowest BCUT2D eigenvalue weighted by atomic mass is 9.86. The third-order valence-electron chi connectivity index (χ3n) is 5.60. The first-order valence-electron chi connectivity index (χ1n) is 11.1. The minimum atomic E-state index is -0.0745. The molecule has 1 amide bonds. The summed E-state index contributed by atoms with van der Waals surface area (Å²) in [5, 5.41) is 8.53. The predicted octanol–water partition coefficient (Wildman–Crippen LogP) is 5.45. The number of benzene rings is 2. The van der Waals surface area contributed by atoms with Crippen LogP contribution in [0.3, 0.4) is 0 Å². The first-order valence-corrected chi connectivity index (χ1v) is 11.9. The minimum absolute atomic E-state index is 0.0316. The summed E-state index contributed by atoms with van der Waals surface area (Å²) in [5.74, 6) is 2.23. The van der Waals surface area contributed by atoms with Gasteiger partial charge in [-0.05, 0) is 63.6 Å². The third-order valence-corrected chi connectivity index (χ3v) is 6.59. The molecule has 0 saturated carbocycles. The summed E-state index contributed by atoms with van der Waals surface area (Å²) in [6.07, 6.45) is 0.489. The number of aryl methyl sites for hydroxylation is 1. The Balaban J connectivity index is 1.54. The molecule has 1 atom stereocenters. The molecule has 5 rings (SSSR count). The highest BCUT2D eigenvalue weighted by Crippen LogP contribution is 2.41. The number of amides is 1. The maximum absolute atomic E-state index is 12.7. The summed E-state index contributed by atoms with van der Waals surface area (Å²) in [7, 11) is 0. The Morgan fingerprint density at radius 2 is 1.94 bits per heavy atom. The van der Waals surface area contributed by atoms with Crippen LogP contribution in [-0.2, 0) is 4.79 Å². The second kappa shape index (κ2) is 8.51. The number of aromatic nitrogens is 3. The topological polar surface area (TPSA) is 78.3 Å².